The van der Waals surface area contributed by atoms with Crippen LogP contribution in [0.25, 0.3) is 0 Å². The van der Waals surface area contributed by atoms with Gasteiger partial charge >= 0.3 is 0 Å². The van der Waals surface area contributed by atoms with E-state index in [0.717, 1.165) is 10.4 Å². The molecule has 0 saturated heterocycles. The van der Waals surface area contributed by atoms with Gasteiger partial charge in [-0.15, -0.1) is 11.3 Å². The van der Waals surface area contributed by atoms with Gasteiger partial charge in [0, 0.05) is 4.88 Å². The zero-order valence-corrected chi connectivity index (χ0v) is 11.2. The Bertz CT molecular complexity index is 508. The van der Waals surface area contributed by atoms with Crippen LogP contribution < -0.4 is 10.1 Å². The minimum Gasteiger partial charge on any atom is -0.484 e. The van der Waals surface area contributed by atoms with E-state index in [1.54, 1.807) is 35.6 Å². The summed E-state index contributed by atoms with van der Waals surface area (Å²) in [5, 5.41) is 13.7. The highest BCUT2D eigenvalue weighted by atomic mass is 32.1. The maximum atomic E-state index is 11.6. The molecule has 100 valence electrons. The van der Waals surface area contributed by atoms with Crippen LogP contribution in [0.15, 0.2) is 41.8 Å². The van der Waals surface area contributed by atoms with Crippen LogP contribution in [-0.2, 0) is 17.9 Å². The van der Waals surface area contributed by atoms with Crippen molar-refractivity contribution in [3.05, 3.63) is 52.2 Å². The van der Waals surface area contributed by atoms with Gasteiger partial charge in [0.05, 0.1) is 13.2 Å². The maximum Gasteiger partial charge on any atom is 0.258 e. The Morgan fingerprint density at radius 3 is 2.68 bits per heavy atom. The summed E-state index contributed by atoms with van der Waals surface area (Å²) < 4.78 is 5.35. The average molecular weight is 277 g/mol. The van der Waals surface area contributed by atoms with Crippen molar-refractivity contribution in [3.63, 3.8) is 0 Å². The fraction of sp³-hybridized carbons (Fsp3) is 0.214. The average Bonchev–Trinajstić information content (AvgIpc) is 2.96. The summed E-state index contributed by atoms with van der Waals surface area (Å²) >= 11 is 1.60. The number of hydrogen-bond donors (Lipinski definition) is 2. The number of carbonyl (C=O) groups is 1. The smallest absolute Gasteiger partial charge is 0.258 e. The van der Waals surface area contributed by atoms with Gasteiger partial charge in [0.2, 0.25) is 0 Å². The third-order valence-corrected chi connectivity index (χ3v) is 3.39. The SMILES string of the molecule is O=C(COc1ccc(CO)cc1)NCc1cccs1. The largest absolute Gasteiger partial charge is 0.484 e. The molecule has 0 spiro atoms. The van der Waals surface area contributed by atoms with Crippen LogP contribution in [0.5, 0.6) is 5.75 Å². The van der Waals surface area contributed by atoms with Crippen LogP contribution in [0, 0.1) is 0 Å². The monoisotopic (exact) mass is 277 g/mol. The number of hydrogen-bond acceptors (Lipinski definition) is 4. The molecule has 1 aromatic carbocycles. The Labute approximate surface area is 115 Å². The Balaban J connectivity index is 1.73. The van der Waals surface area contributed by atoms with E-state index < -0.39 is 0 Å². The third kappa shape index (κ3) is 4.39. The highest BCUT2D eigenvalue weighted by Gasteiger charge is 2.03. The van der Waals surface area contributed by atoms with Gasteiger partial charge in [0.25, 0.3) is 5.91 Å². The Hall–Kier alpha value is -1.85. The molecule has 0 fully saturated rings. The first-order valence-corrected chi connectivity index (χ1v) is 6.77. The molecule has 4 nitrogen and oxygen atoms in total. The summed E-state index contributed by atoms with van der Waals surface area (Å²) in [6, 6.07) is 10.9. The topological polar surface area (TPSA) is 58.6 Å². The van der Waals surface area contributed by atoms with Crippen molar-refractivity contribution in [1.82, 2.24) is 5.32 Å². The van der Waals surface area contributed by atoms with Gasteiger partial charge in [-0.25, -0.2) is 0 Å². The van der Waals surface area contributed by atoms with Crippen LogP contribution >= 0.6 is 11.3 Å². The lowest BCUT2D eigenvalue weighted by molar-refractivity contribution is -0.123. The number of aliphatic hydroxyl groups excluding tert-OH is 1. The van der Waals surface area contributed by atoms with Crippen molar-refractivity contribution < 1.29 is 14.6 Å². The Morgan fingerprint density at radius 1 is 1.26 bits per heavy atom. The van der Waals surface area contributed by atoms with Gasteiger partial charge in [0.15, 0.2) is 6.61 Å². The van der Waals surface area contributed by atoms with Crippen molar-refractivity contribution in [2.45, 2.75) is 13.2 Å². The number of rotatable bonds is 6. The molecule has 0 aliphatic carbocycles. The number of carbonyl (C=O) groups excluding carboxylic acids is 1. The standard InChI is InChI=1S/C14H15NO3S/c16-9-11-3-5-12(6-4-11)18-10-14(17)15-8-13-2-1-7-19-13/h1-7,16H,8-10H2,(H,15,17). The normalized spacial score (nSPS) is 10.2. The summed E-state index contributed by atoms with van der Waals surface area (Å²) in [5.41, 5.74) is 0.814. The van der Waals surface area contributed by atoms with E-state index in [0.29, 0.717) is 12.3 Å². The van der Waals surface area contributed by atoms with Crippen LogP contribution in [0.2, 0.25) is 0 Å². The first-order valence-electron chi connectivity index (χ1n) is 5.89. The molecule has 0 radical (unpaired) electrons. The Morgan fingerprint density at radius 2 is 2.05 bits per heavy atom. The molecule has 1 heterocycles. The van der Waals surface area contributed by atoms with E-state index >= 15 is 0 Å². The van der Waals surface area contributed by atoms with E-state index in [4.69, 9.17) is 9.84 Å². The van der Waals surface area contributed by atoms with Crippen molar-refractivity contribution >= 4 is 17.2 Å². The fourth-order valence-electron chi connectivity index (χ4n) is 1.49. The summed E-state index contributed by atoms with van der Waals surface area (Å²) in [7, 11) is 0. The van der Waals surface area contributed by atoms with Gasteiger partial charge in [-0.2, -0.15) is 0 Å². The van der Waals surface area contributed by atoms with Crippen molar-refractivity contribution in [2.24, 2.45) is 0 Å². The van der Waals surface area contributed by atoms with Crippen molar-refractivity contribution in [2.75, 3.05) is 6.61 Å². The van der Waals surface area contributed by atoms with Gasteiger partial charge in [0.1, 0.15) is 5.75 Å². The number of aliphatic hydroxyl groups is 1. The van der Waals surface area contributed by atoms with E-state index in [1.807, 2.05) is 17.5 Å². The van der Waals surface area contributed by atoms with Gasteiger partial charge in [-0.3, -0.25) is 4.79 Å². The molecule has 1 aromatic heterocycles. The minimum absolute atomic E-state index is 0.00157. The number of amides is 1. The summed E-state index contributed by atoms with van der Waals surface area (Å²) in [6.07, 6.45) is 0. The zero-order chi connectivity index (χ0) is 13.5. The zero-order valence-electron chi connectivity index (χ0n) is 10.3. The van der Waals surface area contributed by atoms with Crippen molar-refractivity contribution in [3.8, 4) is 5.75 Å². The summed E-state index contributed by atoms with van der Waals surface area (Å²) in [4.78, 5) is 12.7. The minimum atomic E-state index is -0.153. The molecule has 2 aromatic rings. The number of nitrogens with one attached hydrogen (secondary N) is 1. The molecule has 0 bridgehead atoms. The molecular formula is C14H15NO3S. The molecular weight excluding hydrogens is 262 g/mol. The van der Waals surface area contributed by atoms with Crippen molar-refractivity contribution in [1.29, 1.82) is 0 Å². The van der Waals surface area contributed by atoms with Crippen LogP contribution in [0.4, 0.5) is 0 Å². The highest BCUT2D eigenvalue weighted by molar-refractivity contribution is 7.09. The lowest BCUT2D eigenvalue weighted by atomic mass is 10.2. The molecule has 0 aliphatic heterocycles. The predicted octanol–water partition coefficient (Wildman–Crippen LogP) is 1.94. The molecule has 2 rings (SSSR count). The van der Waals surface area contributed by atoms with E-state index in [2.05, 4.69) is 5.32 Å². The number of thiophene rings is 1. The first kappa shape index (κ1) is 13.6. The van der Waals surface area contributed by atoms with E-state index in [-0.39, 0.29) is 19.1 Å². The Kier molecular flexibility index (Phi) is 4.94. The molecule has 0 saturated carbocycles. The second-order valence-corrected chi connectivity index (χ2v) is 4.98. The molecule has 19 heavy (non-hydrogen) atoms. The van der Waals surface area contributed by atoms with Crippen LogP contribution in [-0.4, -0.2) is 17.6 Å². The third-order valence-electron chi connectivity index (χ3n) is 2.52. The maximum absolute atomic E-state index is 11.6. The number of benzene rings is 1. The van der Waals surface area contributed by atoms with Gasteiger partial charge in [-0.1, -0.05) is 18.2 Å². The summed E-state index contributed by atoms with van der Waals surface area (Å²) in [5.74, 6) is 0.461. The first-order chi connectivity index (χ1) is 9.28. The summed E-state index contributed by atoms with van der Waals surface area (Å²) in [6.45, 7) is 0.523. The van der Waals surface area contributed by atoms with Crippen LogP contribution in [0.1, 0.15) is 10.4 Å². The molecule has 0 unspecified atom stereocenters. The van der Waals surface area contributed by atoms with Gasteiger partial charge < -0.3 is 15.2 Å². The predicted molar refractivity (Wildman–Crippen MR) is 74.0 cm³/mol. The quantitative estimate of drug-likeness (QED) is 0.848. The molecule has 1 amide bonds. The second-order valence-electron chi connectivity index (χ2n) is 3.95. The molecule has 0 aliphatic rings. The van der Waals surface area contributed by atoms with Gasteiger partial charge in [-0.05, 0) is 29.1 Å². The van der Waals surface area contributed by atoms with E-state index in [9.17, 15) is 4.79 Å². The highest BCUT2D eigenvalue weighted by Crippen LogP contribution is 2.12. The van der Waals surface area contributed by atoms with Crippen LogP contribution in [0.3, 0.4) is 0 Å². The molecule has 2 N–H and O–H groups in total. The molecule has 5 heteroatoms. The van der Waals surface area contributed by atoms with E-state index in [1.165, 1.54) is 0 Å². The fourth-order valence-corrected chi connectivity index (χ4v) is 2.13. The lowest BCUT2D eigenvalue weighted by Crippen LogP contribution is -2.28. The molecule has 0 atom stereocenters. The lowest BCUT2D eigenvalue weighted by Gasteiger charge is -2.07. The second kappa shape index (κ2) is 6.92. The number of ether oxygens (including phenoxy) is 1.